The summed E-state index contributed by atoms with van der Waals surface area (Å²) in [5.74, 6) is 0.0128. The SMILES string of the molecule is CN(CC(=O)Nc1sc2c(c1C#N)CCCCCC2)C1CCCCC1. The Balaban J connectivity index is 1.66. The molecule has 0 radical (unpaired) electrons. The molecule has 1 aromatic heterocycles. The molecule has 2 aliphatic carbocycles. The number of anilines is 1. The van der Waals surface area contributed by atoms with E-state index >= 15 is 0 Å². The van der Waals surface area contributed by atoms with Crippen molar-refractivity contribution < 1.29 is 4.79 Å². The van der Waals surface area contributed by atoms with Crippen molar-refractivity contribution in [3.8, 4) is 6.07 Å². The van der Waals surface area contributed by atoms with E-state index in [0.29, 0.717) is 12.6 Å². The van der Waals surface area contributed by atoms with Crippen molar-refractivity contribution >= 4 is 22.2 Å². The number of hydrogen-bond acceptors (Lipinski definition) is 4. The van der Waals surface area contributed by atoms with E-state index in [4.69, 9.17) is 0 Å². The summed E-state index contributed by atoms with van der Waals surface area (Å²) in [5, 5.41) is 13.4. The fraction of sp³-hybridized carbons (Fsp3) is 0.700. The third-order valence-electron chi connectivity index (χ3n) is 5.63. The molecule has 4 nitrogen and oxygen atoms in total. The average Bonchev–Trinajstić information content (AvgIpc) is 2.91. The number of fused-ring (bicyclic) bond motifs is 1. The summed E-state index contributed by atoms with van der Waals surface area (Å²) >= 11 is 1.63. The minimum absolute atomic E-state index is 0.0128. The van der Waals surface area contributed by atoms with E-state index in [2.05, 4.69) is 23.3 Å². The number of thiophene rings is 1. The van der Waals surface area contributed by atoms with Crippen LogP contribution < -0.4 is 5.32 Å². The molecule has 0 spiro atoms. The Bertz CT molecular complexity index is 640. The summed E-state index contributed by atoms with van der Waals surface area (Å²) in [4.78, 5) is 16.0. The number of carbonyl (C=O) groups is 1. The van der Waals surface area contributed by atoms with Crippen LogP contribution in [0.2, 0.25) is 0 Å². The van der Waals surface area contributed by atoms with Gasteiger partial charge in [0, 0.05) is 10.9 Å². The molecule has 25 heavy (non-hydrogen) atoms. The van der Waals surface area contributed by atoms with Gasteiger partial charge in [-0.3, -0.25) is 9.69 Å². The predicted molar refractivity (Wildman–Crippen MR) is 103 cm³/mol. The van der Waals surface area contributed by atoms with Gasteiger partial charge >= 0.3 is 0 Å². The van der Waals surface area contributed by atoms with Crippen molar-refractivity contribution in [3.63, 3.8) is 0 Å². The van der Waals surface area contributed by atoms with Crippen LogP contribution in [0.25, 0.3) is 0 Å². The molecule has 1 fully saturated rings. The molecular formula is C20H29N3OS. The summed E-state index contributed by atoms with van der Waals surface area (Å²) in [6.07, 6.45) is 13.1. The van der Waals surface area contributed by atoms with Crippen molar-refractivity contribution in [3.05, 3.63) is 16.0 Å². The van der Waals surface area contributed by atoms with Gasteiger partial charge in [-0.05, 0) is 51.1 Å². The molecule has 0 saturated heterocycles. The number of hydrogen-bond donors (Lipinski definition) is 1. The van der Waals surface area contributed by atoms with Gasteiger partial charge in [0.15, 0.2) is 0 Å². The first-order valence-electron chi connectivity index (χ1n) is 9.73. The molecule has 1 N–H and O–H groups in total. The van der Waals surface area contributed by atoms with E-state index in [1.807, 2.05) is 0 Å². The largest absolute Gasteiger partial charge is 0.315 e. The normalized spacial score (nSPS) is 18.9. The molecule has 0 atom stereocenters. The summed E-state index contributed by atoms with van der Waals surface area (Å²) < 4.78 is 0. The third kappa shape index (κ3) is 4.62. The number of likely N-dealkylation sites (N-methyl/N-ethyl adjacent to an activating group) is 1. The zero-order valence-corrected chi connectivity index (χ0v) is 16.1. The van der Waals surface area contributed by atoms with Crippen molar-refractivity contribution in [1.82, 2.24) is 4.90 Å². The number of nitriles is 1. The Morgan fingerprint density at radius 2 is 1.84 bits per heavy atom. The van der Waals surface area contributed by atoms with E-state index in [1.54, 1.807) is 11.3 Å². The second kappa shape index (κ2) is 8.82. The zero-order valence-electron chi connectivity index (χ0n) is 15.3. The van der Waals surface area contributed by atoms with Crippen molar-refractivity contribution in [2.24, 2.45) is 0 Å². The maximum Gasteiger partial charge on any atom is 0.239 e. The highest BCUT2D eigenvalue weighted by Gasteiger charge is 2.23. The first-order valence-corrected chi connectivity index (χ1v) is 10.6. The highest BCUT2D eigenvalue weighted by molar-refractivity contribution is 7.16. The molecule has 1 aromatic rings. The second-order valence-corrected chi connectivity index (χ2v) is 8.59. The molecule has 5 heteroatoms. The second-order valence-electron chi connectivity index (χ2n) is 7.49. The molecule has 1 saturated carbocycles. The standard InChI is InChI=1S/C20H29N3OS/c1-23(15-9-5-4-6-10-15)14-19(24)22-20-17(13-21)16-11-7-2-3-8-12-18(16)25-20/h15H,2-12,14H2,1H3,(H,22,24). The van der Waals surface area contributed by atoms with E-state index < -0.39 is 0 Å². The van der Waals surface area contributed by atoms with Crippen molar-refractivity contribution in [2.45, 2.75) is 76.7 Å². The maximum atomic E-state index is 12.5. The molecule has 0 aliphatic heterocycles. The Morgan fingerprint density at radius 3 is 2.56 bits per heavy atom. The molecular weight excluding hydrogens is 330 g/mol. The number of nitrogens with zero attached hydrogens (tertiary/aromatic N) is 2. The van der Waals surface area contributed by atoms with Crippen LogP contribution in [0.3, 0.4) is 0 Å². The van der Waals surface area contributed by atoms with Gasteiger partial charge in [0.25, 0.3) is 0 Å². The fourth-order valence-electron chi connectivity index (χ4n) is 4.17. The molecule has 0 aromatic carbocycles. The lowest BCUT2D eigenvalue weighted by atomic mass is 9.94. The van der Waals surface area contributed by atoms with Crippen LogP contribution in [0.4, 0.5) is 5.00 Å². The lowest BCUT2D eigenvalue weighted by molar-refractivity contribution is -0.117. The van der Waals surface area contributed by atoms with Gasteiger partial charge in [-0.1, -0.05) is 32.1 Å². The minimum Gasteiger partial charge on any atom is -0.315 e. The van der Waals surface area contributed by atoms with E-state index in [-0.39, 0.29) is 5.91 Å². The topological polar surface area (TPSA) is 56.1 Å². The Hall–Kier alpha value is -1.38. The van der Waals surface area contributed by atoms with Gasteiger partial charge in [-0.15, -0.1) is 11.3 Å². The molecule has 3 rings (SSSR count). The summed E-state index contributed by atoms with van der Waals surface area (Å²) in [6, 6.07) is 2.88. The number of amides is 1. The molecule has 0 bridgehead atoms. The molecule has 0 unspecified atom stereocenters. The summed E-state index contributed by atoms with van der Waals surface area (Å²) in [7, 11) is 2.05. The Labute approximate surface area is 155 Å². The highest BCUT2D eigenvalue weighted by Crippen LogP contribution is 2.36. The zero-order chi connectivity index (χ0) is 17.6. The Morgan fingerprint density at radius 1 is 1.16 bits per heavy atom. The van der Waals surface area contributed by atoms with Gasteiger partial charge in [0.1, 0.15) is 11.1 Å². The number of rotatable bonds is 4. The number of nitrogens with one attached hydrogen (secondary N) is 1. The quantitative estimate of drug-likeness (QED) is 0.862. The average molecular weight is 360 g/mol. The van der Waals surface area contributed by atoms with Gasteiger partial charge in [0.05, 0.1) is 12.1 Å². The lowest BCUT2D eigenvalue weighted by Crippen LogP contribution is -2.39. The predicted octanol–water partition coefficient (Wildman–Crippen LogP) is 4.48. The fourth-order valence-corrected chi connectivity index (χ4v) is 5.43. The van der Waals surface area contributed by atoms with Crippen LogP contribution in [0, 0.1) is 11.3 Å². The van der Waals surface area contributed by atoms with Crippen LogP contribution in [0.15, 0.2) is 0 Å². The first-order chi connectivity index (χ1) is 12.2. The van der Waals surface area contributed by atoms with Gasteiger partial charge in [-0.25, -0.2) is 0 Å². The van der Waals surface area contributed by atoms with Crippen LogP contribution in [0.5, 0.6) is 0 Å². The summed E-state index contributed by atoms with van der Waals surface area (Å²) in [5.41, 5.74) is 1.92. The van der Waals surface area contributed by atoms with Gasteiger partial charge in [-0.2, -0.15) is 5.26 Å². The Kier molecular flexibility index (Phi) is 6.50. The van der Waals surface area contributed by atoms with Gasteiger partial charge < -0.3 is 5.32 Å². The van der Waals surface area contributed by atoms with Gasteiger partial charge in [0.2, 0.25) is 5.91 Å². The smallest absolute Gasteiger partial charge is 0.239 e. The lowest BCUT2D eigenvalue weighted by Gasteiger charge is -2.30. The van der Waals surface area contributed by atoms with E-state index in [1.165, 1.54) is 61.8 Å². The van der Waals surface area contributed by atoms with Crippen molar-refractivity contribution in [1.29, 1.82) is 5.26 Å². The molecule has 2 aliphatic rings. The van der Waals surface area contributed by atoms with Crippen LogP contribution >= 0.6 is 11.3 Å². The monoisotopic (exact) mass is 359 g/mol. The highest BCUT2D eigenvalue weighted by atomic mass is 32.1. The summed E-state index contributed by atoms with van der Waals surface area (Å²) in [6.45, 7) is 0.415. The van der Waals surface area contributed by atoms with E-state index in [0.717, 1.165) is 29.8 Å². The van der Waals surface area contributed by atoms with Crippen molar-refractivity contribution in [2.75, 3.05) is 18.9 Å². The minimum atomic E-state index is 0.0128. The number of aryl methyl sites for hydroxylation is 1. The maximum absolute atomic E-state index is 12.5. The van der Waals surface area contributed by atoms with Crippen LogP contribution in [-0.2, 0) is 17.6 Å². The van der Waals surface area contributed by atoms with Crippen LogP contribution in [-0.4, -0.2) is 30.4 Å². The van der Waals surface area contributed by atoms with Crippen LogP contribution in [0.1, 0.15) is 73.8 Å². The van der Waals surface area contributed by atoms with E-state index in [9.17, 15) is 10.1 Å². The molecule has 1 amide bonds. The molecule has 136 valence electrons. The first kappa shape index (κ1) is 18.4. The number of carbonyl (C=O) groups excluding carboxylic acids is 1. The third-order valence-corrected chi connectivity index (χ3v) is 6.83. The molecule has 1 heterocycles.